The molecule has 3 rings (SSSR count). The molecule has 0 aliphatic heterocycles. The predicted molar refractivity (Wildman–Crippen MR) is 92.2 cm³/mol. The number of amides is 1. The highest BCUT2D eigenvalue weighted by molar-refractivity contribution is 5.90. The normalized spacial score (nSPS) is 10.4. The molecule has 0 radical (unpaired) electrons. The zero-order valence-electron chi connectivity index (χ0n) is 13.4. The molecule has 3 aromatic rings. The molecule has 0 unspecified atom stereocenters. The largest absolute Gasteiger partial charge is 0.325 e. The van der Waals surface area contributed by atoms with E-state index in [4.69, 9.17) is 0 Å². The van der Waals surface area contributed by atoms with Crippen molar-refractivity contribution in [3.63, 3.8) is 0 Å². The Bertz CT molecular complexity index is 1000. The van der Waals surface area contributed by atoms with E-state index in [2.05, 4.69) is 20.5 Å². The summed E-state index contributed by atoms with van der Waals surface area (Å²) in [6.45, 7) is 1.60. The molecule has 0 spiro atoms. The fraction of sp³-hybridized carbons (Fsp3) is 0.118. The van der Waals surface area contributed by atoms with Gasteiger partial charge in [-0.25, -0.2) is 10.1 Å². The highest BCUT2D eigenvalue weighted by Crippen LogP contribution is 2.18. The molecular formula is C17H15N5O3. The van der Waals surface area contributed by atoms with Crippen molar-refractivity contribution < 1.29 is 4.79 Å². The second-order valence-corrected chi connectivity index (χ2v) is 5.43. The maximum absolute atomic E-state index is 12.1. The minimum Gasteiger partial charge on any atom is -0.325 e. The molecule has 0 aliphatic carbocycles. The summed E-state index contributed by atoms with van der Waals surface area (Å²) in [7, 11) is 0. The van der Waals surface area contributed by atoms with Gasteiger partial charge >= 0.3 is 0 Å². The number of aromatic nitrogens is 4. The van der Waals surface area contributed by atoms with E-state index in [0.717, 1.165) is 5.56 Å². The average molecular weight is 337 g/mol. The van der Waals surface area contributed by atoms with Gasteiger partial charge in [0, 0.05) is 29.1 Å². The minimum absolute atomic E-state index is 0.116. The molecule has 8 heteroatoms. The van der Waals surface area contributed by atoms with Crippen LogP contribution in [-0.2, 0) is 11.3 Å². The molecular weight excluding hydrogens is 322 g/mol. The summed E-state index contributed by atoms with van der Waals surface area (Å²) in [5.74, 6) is -0.331. The van der Waals surface area contributed by atoms with Crippen molar-refractivity contribution in [3.8, 4) is 11.3 Å². The van der Waals surface area contributed by atoms with E-state index in [1.54, 1.807) is 37.3 Å². The first-order valence-corrected chi connectivity index (χ1v) is 7.50. The van der Waals surface area contributed by atoms with Crippen molar-refractivity contribution in [2.45, 2.75) is 13.5 Å². The molecule has 25 heavy (non-hydrogen) atoms. The predicted octanol–water partition coefficient (Wildman–Crippen LogP) is 0.941. The van der Waals surface area contributed by atoms with Crippen molar-refractivity contribution in [3.05, 3.63) is 75.2 Å². The summed E-state index contributed by atoms with van der Waals surface area (Å²) in [6.07, 6.45) is 1.35. The second kappa shape index (κ2) is 6.91. The van der Waals surface area contributed by atoms with Crippen LogP contribution < -0.4 is 16.4 Å². The molecule has 8 nitrogen and oxygen atoms in total. The third kappa shape index (κ3) is 4.05. The molecule has 126 valence electrons. The Labute approximate surface area is 142 Å². The van der Waals surface area contributed by atoms with Crippen LogP contribution in [0.2, 0.25) is 0 Å². The number of rotatable bonds is 4. The number of benzene rings is 1. The van der Waals surface area contributed by atoms with Crippen molar-refractivity contribution >= 4 is 11.6 Å². The fourth-order valence-electron chi connectivity index (χ4n) is 2.22. The van der Waals surface area contributed by atoms with Crippen molar-refractivity contribution in [2.24, 2.45) is 0 Å². The van der Waals surface area contributed by atoms with Gasteiger partial charge in [0.15, 0.2) is 0 Å². The molecule has 2 heterocycles. The molecule has 0 fully saturated rings. The summed E-state index contributed by atoms with van der Waals surface area (Å²) >= 11 is 0. The lowest BCUT2D eigenvalue weighted by molar-refractivity contribution is -0.116. The lowest BCUT2D eigenvalue weighted by atomic mass is 10.1. The minimum atomic E-state index is -0.331. The van der Waals surface area contributed by atoms with E-state index >= 15 is 0 Å². The molecule has 1 amide bonds. The number of carbonyl (C=O) groups excluding carboxylic acids is 1. The molecule has 2 aromatic heterocycles. The molecule has 0 saturated carbocycles. The van der Waals surface area contributed by atoms with Gasteiger partial charge in [0.25, 0.3) is 11.1 Å². The van der Waals surface area contributed by atoms with E-state index in [-0.39, 0.29) is 23.6 Å². The second-order valence-electron chi connectivity index (χ2n) is 5.43. The Kier molecular flexibility index (Phi) is 4.51. The van der Waals surface area contributed by atoms with Gasteiger partial charge in [0.05, 0.1) is 12.0 Å². The number of carbonyl (C=O) groups is 1. The van der Waals surface area contributed by atoms with Gasteiger partial charge in [-0.3, -0.25) is 19.0 Å². The van der Waals surface area contributed by atoms with Gasteiger partial charge in [-0.05, 0) is 25.1 Å². The van der Waals surface area contributed by atoms with Crippen molar-refractivity contribution in [1.29, 1.82) is 0 Å². The van der Waals surface area contributed by atoms with E-state index in [0.29, 0.717) is 17.1 Å². The Morgan fingerprint density at radius 1 is 1.16 bits per heavy atom. The van der Waals surface area contributed by atoms with Crippen LogP contribution in [0, 0.1) is 6.92 Å². The number of nitrogens with zero attached hydrogens (tertiary/aromatic N) is 3. The standard InChI is InChI=1S/C17H15N5O3/c1-11-8-17(25)22(10-18-11)9-16(24)19-13-4-2-12(3-5-13)14-6-7-15(23)21-20-14/h2-8,10H,9H2,1H3,(H,19,24)(H,21,23). The molecule has 0 saturated heterocycles. The maximum Gasteiger partial charge on any atom is 0.264 e. The molecule has 0 atom stereocenters. The Hall–Kier alpha value is -3.55. The quantitative estimate of drug-likeness (QED) is 0.736. The first kappa shape index (κ1) is 16.3. The third-order valence-corrected chi connectivity index (χ3v) is 3.47. The van der Waals surface area contributed by atoms with Crippen molar-refractivity contribution in [2.75, 3.05) is 5.32 Å². The van der Waals surface area contributed by atoms with Crippen LogP contribution in [0.1, 0.15) is 5.69 Å². The zero-order chi connectivity index (χ0) is 17.8. The highest BCUT2D eigenvalue weighted by atomic mass is 16.2. The number of H-pyrrole nitrogens is 1. The van der Waals surface area contributed by atoms with Gasteiger partial charge in [-0.1, -0.05) is 12.1 Å². The van der Waals surface area contributed by atoms with Crippen LogP contribution in [0.15, 0.2) is 58.4 Å². The third-order valence-electron chi connectivity index (χ3n) is 3.47. The lowest BCUT2D eigenvalue weighted by Crippen LogP contribution is -2.27. The molecule has 1 aromatic carbocycles. The Morgan fingerprint density at radius 2 is 1.92 bits per heavy atom. The lowest BCUT2D eigenvalue weighted by Gasteiger charge is -2.08. The summed E-state index contributed by atoms with van der Waals surface area (Å²) in [5, 5.41) is 9.03. The monoisotopic (exact) mass is 337 g/mol. The van der Waals surface area contributed by atoms with Crippen LogP contribution in [0.5, 0.6) is 0 Å². The van der Waals surface area contributed by atoms with Crippen molar-refractivity contribution in [1.82, 2.24) is 19.7 Å². The summed E-state index contributed by atoms with van der Waals surface area (Å²) in [5.41, 5.74) is 2.07. The first-order chi connectivity index (χ1) is 12.0. The first-order valence-electron chi connectivity index (χ1n) is 7.50. The molecule has 2 N–H and O–H groups in total. The van der Waals surface area contributed by atoms with Crippen LogP contribution in [0.4, 0.5) is 5.69 Å². The number of nitrogens with one attached hydrogen (secondary N) is 2. The number of hydrogen-bond acceptors (Lipinski definition) is 5. The Balaban J connectivity index is 1.68. The summed E-state index contributed by atoms with van der Waals surface area (Å²) < 4.78 is 1.24. The number of hydrogen-bond donors (Lipinski definition) is 2. The van der Waals surface area contributed by atoms with Gasteiger partial charge in [-0.2, -0.15) is 5.10 Å². The van der Waals surface area contributed by atoms with Gasteiger partial charge in [0.1, 0.15) is 6.54 Å². The average Bonchev–Trinajstić information content (AvgIpc) is 2.59. The molecule has 0 bridgehead atoms. The highest BCUT2D eigenvalue weighted by Gasteiger charge is 2.06. The Morgan fingerprint density at radius 3 is 2.56 bits per heavy atom. The van der Waals surface area contributed by atoms with Crippen LogP contribution in [0.25, 0.3) is 11.3 Å². The smallest absolute Gasteiger partial charge is 0.264 e. The summed E-state index contributed by atoms with van der Waals surface area (Å²) in [4.78, 5) is 38.9. The summed E-state index contributed by atoms with van der Waals surface area (Å²) in [6, 6.07) is 11.4. The van der Waals surface area contributed by atoms with Gasteiger partial charge < -0.3 is 5.32 Å². The zero-order valence-corrected chi connectivity index (χ0v) is 13.4. The number of aromatic amines is 1. The maximum atomic E-state index is 12.1. The van der Waals surface area contributed by atoms with Crippen LogP contribution in [-0.4, -0.2) is 25.7 Å². The topological polar surface area (TPSA) is 110 Å². The van der Waals surface area contributed by atoms with Gasteiger partial charge in [-0.15, -0.1) is 0 Å². The van der Waals surface area contributed by atoms with E-state index < -0.39 is 0 Å². The number of aryl methyl sites for hydroxylation is 1. The van der Waals surface area contributed by atoms with Crippen LogP contribution in [0.3, 0.4) is 0 Å². The number of anilines is 1. The molecule has 0 aliphatic rings. The van der Waals surface area contributed by atoms with E-state index in [1.165, 1.54) is 23.0 Å². The van der Waals surface area contributed by atoms with Gasteiger partial charge in [0.2, 0.25) is 5.91 Å². The fourth-order valence-corrected chi connectivity index (χ4v) is 2.22. The van der Waals surface area contributed by atoms with Crippen LogP contribution >= 0.6 is 0 Å². The van der Waals surface area contributed by atoms with E-state index in [9.17, 15) is 14.4 Å². The van der Waals surface area contributed by atoms with E-state index in [1.807, 2.05) is 0 Å². The SMILES string of the molecule is Cc1cc(=O)n(CC(=O)Nc2ccc(-c3ccc(=O)[nH]n3)cc2)cn1.